The van der Waals surface area contributed by atoms with Gasteiger partial charge in [-0.2, -0.15) is 0 Å². The fraction of sp³-hybridized carbons (Fsp3) is 0.385. The molecule has 1 atom stereocenters. The van der Waals surface area contributed by atoms with Crippen molar-refractivity contribution in [3.05, 3.63) is 39.7 Å². The molecule has 1 fully saturated rings. The fourth-order valence-electron chi connectivity index (χ4n) is 2.19. The number of halogens is 1. The van der Waals surface area contributed by atoms with Crippen molar-refractivity contribution < 1.29 is 18.9 Å². The van der Waals surface area contributed by atoms with Crippen molar-refractivity contribution in [2.45, 2.75) is 25.4 Å². The van der Waals surface area contributed by atoms with Crippen molar-refractivity contribution in [2.24, 2.45) is 0 Å². The number of rotatable bonds is 4. The summed E-state index contributed by atoms with van der Waals surface area (Å²) in [7, 11) is 1.41. The lowest BCUT2D eigenvalue weighted by atomic mass is 10.0. The number of piperidine rings is 1. The van der Waals surface area contributed by atoms with E-state index in [2.05, 4.69) is 5.32 Å². The molecule has 1 heterocycles. The molecule has 1 aromatic carbocycles. The minimum atomic E-state index is -0.705. The molecule has 1 aliphatic rings. The van der Waals surface area contributed by atoms with Gasteiger partial charge in [-0.25, -0.2) is 4.39 Å². The lowest BCUT2D eigenvalue weighted by molar-refractivity contribution is -0.385. The van der Waals surface area contributed by atoms with Crippen molar-refractivity contribution in [3.63, 3.8) is 0 Å². The summed E-state index contributed by atoms with van der Waals surface area (Å²) in [5.41, 5.74) is 0.0307. The van der Waals surface area contributed by atoms with Crippen molar-refractivity contribution >= 4 is 17.5 Å². The molecule has 0 aliphatic carbocycles. The van der Waals surface area contributed by atoms with Crippen LogP contribution in [0.25, 0.3) is 0 Å². The van der Waals surface area contributed by atoms with Gasteiger partial charge in [-0.3, -0.25) is 24.6 Å². The molecule has 0 spiro atoms. The molecule has 0 radical (unpaired) electrons. The Morgan fingerprint density at radius 1 is 1.43 bits per heavy atom. The first-order valence-electron chi connectivity index (χ1n) is 6.36. The molecule has 0 bridgehead atoms. The smallest absolute Gasteiger partial charge is 0.272 e. The molecule has 7 nitrogen and oxygen atoms in total. The predicted molar refractivity (Wildman–Crippen MR) is 70.7 cm³/mol. The summed E-state index contributed by atoms with van der Waals surface area (Å²) in [4.78, 5) is 34.2. The highest BCUT2D eigenvalue weighted by Crippen LogP contribution is 2.17. The monoisotopic (exact) mass is 295 g/mol. The number of carbonyl (C=O) groups excluding carboxylic acids is 2. The number of nitrogens with zero attached hydrogens (tertiary/aromatic N) is 2. The van der Waals surface area contributed by atoms with Crippen LogP contribution in [0.5, 0.6) is 0 Å². The maximum atomic E-state index is 13.3. The molecule has 2 rings (SSSR count). The van der Waals surface area contributed by atoms with E-state index < -0.39 is 16.8 Å². The van der Waals surface area contributed by atoms with Gasteiger partial charge in [0.15, 0.2) is 0 Å². The minimum absolute atomic E-state index is 0.108. The number of nitro groups is 1. The number of carbonyl (C=O) groups is 2. The second-order valence-corrected chi connectivity index (χ2v) is 4.84. The molecular formula is C13H14FN3O4. The number of hydrogen-bond acceptors (Lipinski definition) is 5. The van der Waals surface area contributed by atoms with Crippen molar-refractivity contribution in [2.75, 3.05) is 7.05 Å². The first-order valence-corrected chi connectivity index (χ1v) is 6.36. The van der Waals surface area contributed by atoms with Crippen LogP contribution in [0, 0.1) is 15.9 Å². The molecule has 2 amide bonds. The maximum absolute atomic E-state index is 13.3. The van der Waals surface area contributed by atoms with Gasteiger partial charge in [-0.05, 0) is 18.1 Å². The van der Waals surface area contributed by atoms with Crippen LogP contribution in [0.1, 0.15) is 18.4 Å². The van der Waals surface area contributed by atoms with Crippen LogP contribution in [0.2, 0.25) is 0 Å². The van der Waals surface area contributed by atoms with Crippen LogP contribution in [-0.4, -0.2) is 34.7 Å². The normalized spacial score (nSPS) is 19.0. The zero-order valence-electron chi connectivity index (χ0n) is 11.3. The fourth-order valence-corrected chi connectivity index (χ4v) is 2.19. The molecule has 21 heavy (non-hydrogen) atoms. The van der Waals surface area contributed by atoms with E-state index >= 15 is 0 Å². The van der Waals surface area contributed by atoms with Crippen molar-refractivity contribution in [1.29, 1.82) is 0 Å². The lowest BCUT2D eigenvalue weighted by Crippen LogP contribution is -2.51. The zero-order chi connectivity index (χ0) is 15.6. The zero-order valence-corrected chi connectivity index (χ0v) is 11.3. The van der Waals surface area contributed by atoms with Gasteiger partial charge in [-0.1, -0.05) is 0 Å². The molecule has 0 aromatic heterocycles. The highest BCUT2D eigenvalue weighted by Gasteiger charge is 2.31. The molecule has 1 saturated heterocycles. The summed E-state index contributed by atoms with van der Waals surface area (Å²) in [5.74, 6) is -1.29. The van der Waals surface area contributed by atoms with Gasteiger partial charge in [0, 0.05) is 26.1 Å². The third-order valence-corrected chi connectivity index (χ3v) is 3.36. The van der Waals surface area contributed by atoms with Gasteiger partial charge in [0.1, 0.15) is 5.82 Å². The number of nitro benzene ring substituents is 1. The number of imide groups is 1. The SMILES string of the molecule is CN1C(=O)CCC(NCc2cc(F)cc([N+](=O)[O-])c2)C1=O. The highest BCUT2D eigenvalue weighted by atomic mass is 19.1. The van der Waals surface area contributed by atoms with Gasteiger partial charge < -0.3 is 5.32 Å². The van der Waals surface area contributed by atoms with Crippen LogP contribution in [0.15, 0.2) is 18.2 Å². The molecule has 8 heteroatoms. The number of likely N-dealkylation sites (N-methyl/N-ethyl adjacent to an activating group) is 1. The first kappa shape index (κ1) is 15.0. The average molecular weight is 295 g/mol. The molecular weight excluding hydrogens is 281 g/mol. The summed E-state index contributed by atoms with van der Waals surface area (Å²) >= 11 is 0. The number of amides is 2. The van der Waals surface area contributed by atoms with Crippen molar-refractivity contribution in [1.82, 2.24) is 10.2 Å². The van der Waals surface area contributed by atoms with Crippen LogP contribution in [0.3, 0.4) is 0 Å². The number of hydrogen-bond donors (Lipinski definition) is 1. The molecule has 1 aromatic rings. The summed E-state index contributed by atoms with van der Waals surface area (Å²) < 4.78 is 13.3. The highest BCUT2D eigenvalue weighted by molar-refractivity contribution is 6.00. The molecule has 0 saturated carbocycles. The van der Waals surface area contributed by atoms with Gasteiger partial charge in [0.05, 0.1) is 17.0 Å². The van der Waals surface area contributed by atoms with Gasteiger partial charge >= 0.3 is 0 Å². The van der Waals surface area contributed by atoms with E-state index in [4.69, 9.17) is 0 Å². The van der Waals surface area contributed by atoms with E-state index in [1.165, 1.54) is 19.2 Å². The lowest BCUT2D eigenvalue weighted by Gasteiger charge is -2.28. The van der Waals surface area contributed by atoms with E-state index in [0.717, 1.165) is 11.0 Å². The van der Waals surface area contributed by atoms with E-state index in [1.807, 2.05) is 0 Å². The van der Waals surface area contributed by atoms with Crippen LogP contribution in [-0.2, 0) is 16.1 Å². The maximum Gasteiger partial charge on any atom is 0.272 e. The summed E-state index contributed by atoms with van der Waals surface area (Å²) in [6.07, 6.45) is 0.614. The molecule has 1 N–H and O–H groups in total. The van der Waals surface area contributed by atoms with E-state index in [0.29, 0.717) is 12.0 Å². The Morgan fingerprint density at radius 2 is 2.14 bits per heavy atom. The largest absolute Gasteiger partial charge is 0.302 e. The Bertz CT molecular complexity index is 605. The standard InChI is InChI=1S/C13H14FN3O4/c1-16-12(18)3-2-11(13(16)19)15-7-8-4-9(14)6-10(5-8)17(20)21/h4-6,11,15H,2-3,7H2,1H3. The second kappa shape index (κ2) is 5.96. The van der Waals surface area contributed by atoms with Crippen LogP contribution < -0.4 is 5.32 Å². The van der Waals surface area contributed by atoms with E-state index in [9.17, 15) is 24.1 Å². The third-order valence-electron chi connectivity index (χ3n) is 3.36. The van der Waals surface area contributed by atoms with E-state index in [1.54, 1.807) is 0 Å². The van der Waals surface area contributed by atoms with Crippen molar-refractivity contribution in [3.8, 4) is 0 Å². The van der Waals surface area contributed by atoms with Gasteiger partial charge in [0.2, 0.25) is 11.8 Å². The number of non-ortho nitro benzene ring substituents is 1. The second-order valence-electron chi connectivity index (χ2n) is 4.84. The topological polar surface area (TPSA) is 92.6 Å². The predicted octanol–water partition coefficient (Wildman–Crippen LogP) is 0.971. The average Bonchev–Trinajstić information content (AvgIpc) is 2.43. The number of likely N-dealkylation sites (tertiary alicyclic amines) is 1. The Morgan fingerprint density at radius 3 is 2.81 bits per heavy atom. The minimum Gasteiger partial charge on any atom is -0.302 e. The first-order chi connectivity index (χ1) is 9.88. The van der Waals surface area contributed by atoms with Crippen LogP contribution >= 0.6 is 0 Å². The van der Waals surface area contributed by atoms with Gasteiger partial charge in [-0.15, -0.1) is 0 Å². The Balaban J connectivity index is 2.05. The number of benzene rings is 1. The molecule has 1 aliphatic heterocycles. The third kappa shape index (κ3) is 3.40. The summed E-state index contributed by atoms with van der Waals surface area (Å²) in [6, 6.07) is 2.71. The summed E-state index contributed by atoms with van der Waals surface area (Å²) in [6.45, 7) is 0.108. The molecule has 112 valence electrons. The summed E-state index contributed by atoms with van der Waals surface area (Å²) in [5, 5.41) is 13.6. The van der Waals surface area contributed by atoms with E-state index in [-0.39, 0.29) is 30.5 Å². The molecule has 1 unspecified atom stereocenters. The van der Waals surface area contributed by atoms with Gasteiger partial charge in [0.25, 0.3) is 5.69 Å². The Labute approximate surface area is 119 Å². The Kier molecular flexibility index (Phi) is 4.27. The Hall–Kier alpha value is -2.35. The quantitative estimate of drug-likeness (QED) is 0.507. The number of nitrogens with one attached hydrogen (secondary N) is 1. The van der Waals surface area contributed by atoms with Crippen LogP contribution in [0.4, 0.5) is 10.1 Å².